The van der Waals surface area contributed by atoms with E-state index in [1.54, 1.807) is 0 Å². The van der Waals surface area contributed by atoms with Crippen LogP contribution in [0.15, 0.2) is 42.9 Å². The standard InChI is InChI=1S/C19H22N4/c1-14-7-9-15(10-8-14)18-19(21-16-5-3-2-4-6-16)23-12-11-20-13-17(23)22-18/h7-13,16,21H,2-6H2,1H3. The van der Waals surface area contributed by atoms with Gasteiger partial charge in [0.2, 0.25) is 0 Å². The van der Waals surface area contributed by atoms with E-state index in [-0.39, 0.29) is 0 Å². The molecule has 0 saturated heterocycles. The van der Waals surface area contributed by atoms with Crippen LogP contribution in [-0.2, 0) is 0 Å². The van der Waals surface area contributed by atoms with E-state index in [9.17, 15) is 0 Å². The molecule has 0 unspecified atom stereocenters. The minimum atomic E-state index is 0.543. The molecule has 1 aromatic carbocycles. The van der Waals surface area contributed by atoms with Gasteiger partial charge in [0, 0.05) is 24.0 Å². The number of aryl methyl sites for hydroxylation is 1. The molecule has 0 bridgehead atoms. The van der Waals surface area contributed by atoms with Crippen molar-refractivity contribution in [2.75, 3.05) is 5.32 Å². The molecule has 1 aliphatic rings. The lowest BCUT2D eigenvalue weighted by molar-refractivity contribution is 0.461. The van der Waals surface area contributed by atoms with Crippen LogP contribution in [0.3, 0.4) is 0 Å². The van der Waals surface area contributed by atoms with Gasteiger partial charge in [0.1, 0.15) is 11.5 Å². The first-order valence-corrected chi connectivity index (χ1v) is 8.47. The second-order valence-electron chi connectivity index (χ2n) is 6.46. The number of rotatable bonds is 3. The Kier molecular flexibility index (Phi) is 3.74. The van der Waals surface area contributed by atoms with E-state index in [0.717, 1.165) is 22.7 Å². The fraction of sp³-hybridized carbons (Fsp3) is 0.368. The number of imidazole rings is 1. The SMILES string of the molecule is Cc1ccc(-c2nc3cnccn3c2NC2CCCCC2)cc1. The normalized spacial score (nSPS) is 15.9. The average Bonchev–Trinajstić information content (AvgIpc) is 2.95. The molecule has 4 heteroatoms. The zero-order valence-electron chi connectivity index (χ0n) is 13.5. The van der Waals surface area contributed by atoms with E-state index in [1.807, 2.05) is 18.6 Å². The second kappa shape index (κ2) is 6.03. The first-order chi connectivity index (χ1) is 11.3. The lowest BCUT2D eigenvalue weighted by atomic mass is 9.95. The lowest BCUT2D eigenvalue weighted by Gasteiger charge is -2.24. The Morgan fingerprint density at radius 3 is 2.65 bits per heavy atom. The van der Waals surface area contributed by atoms with Crippen molar-refractivity contribution in [3.05, 3.63) is 48.4 Å². The van der Waals surface area contributed by atoms with Crippen LogP contribution in [0.4, 0.5) is 5.82 Å². The summed E-state index contributed by atoms with van der Waals surface area (Å²) in [7, 11) is 0. The van der Waals surface area contributed by atoms with Crippen LogP contribution >= 0.6 is 0 Å². The van der Waals surface area contributed by atoms with Gasteiger partial charge in [-0.15, -0.1) is 0 Å². The highest BCUT2D eigenvalue weighted by molar-refractivity contribution is 5.76. The predicted molar refractivity (Wildman–Crippen MR) is 93.7 cm³/mol. The van der Waals surface area contributed by atoms with Crippen LogP contribution < -0.4 is 5.32 Å². The summed E-state index contributed by atoms with van der Waals surface area (Å²) in [5, 5.41) is 3.76. The van der Waals surface area contributed by atoms with Crippen LogP contribution in [0.25, 0.3) is 16.9 Å². The zero-order valence-corrected chi connectivity index (χ0v) is 13.5. The molecule has 2 heterocycles. The number of nitrogens with zero attached hydrogens (tertiary/aromatic N) is 3. The number of aromatic nitrogens is 3. The number of fused-ring (bicyclic) bond motifs is 1. The van der Waals surface area contributed by atoms with Gasteiger partial charge < -0.3 is 5.32 Å². The Morgan fingerprint density at radius 2 is 1.87 bits per heavy atom. The predicted octanol–water partition coefficient (Wildman–Crippen LogP) is 4.45. The molecule has 4 nitrogen and oxygen atoms in total. The molecule has 1 N–H and O–H groups in total. The molecular weight excluding hydrogens is 284 g/mol. The summed E-state index contributed by atoms with van der Waals surface area (Å²) in [5.74, 6) is 1.10. The van der Waals surface area contributed by atoms with Crippen molar-refractivity contribution >= 4 is 11.5 Å². The molecule has 2 aromatic heterocycles. The van der Waals surface area contributed by atoms with Gasteiger partial charge in [0.05, 0.1) is 6.20 Å². The van der Waals surface area contributed by atoms with Gasteiger partial charge >= 0.3 is 0 Å². The summed E-state index contributed by atoms with van der Waals surface area (Å²) in [6.45, 7) is 2.11. The van der Waals surface area contributed by atoms with Crippen molar-refractivity contribution in [1.82, 2.24) is 14.4 Å². The molecule has 23 heavy (non-hydrogen) atoms. The van der Waals surface area contributed by atoms with Crippen molar-refractivity contribution in [1.29, 1.82) is 0 Å². The van der Waals surface area contributed by atoms with Gasteiger partial charge in [-0.1, -0.05) is 49.1 Å². The van der Waals surface area contributed by atoms with Gasteiger partial charge in [-0.05, 0) is 19.8 Å². The molecule has 4 rings (SSSR count). The van der Waals surface area contributed by atoms with Crippen molar-refractivity contribution in [3.8, 4) is 11.3 Å². The third kappa shape index (κ3) is 2.81. The molecule has 0 aliphatic heterocycles. The third-order valence-electron chi connectivity index (χ3n) is 4.70. The monoisotopic (exact) mass is 306 g/mol. The van der Waals surface area contributed by atoms with Crippen molar-refractivity contribution in [3.63, 3.8) is 0 Å². The maximum Gasteiger partial charge on any atom is 0.157 e. The fourth-order valence-corrected chi connectivity index (χ4v) is 3.40. The van der Waals surface area contributed by atoms with Crippen LogP contribution in [0, 0.1) is 6.92 Å². The minimum Gasteiger partial charge on any atom is -0.367 e. The molecule has 3 aromatic rings. The van der Waals surface area contributed by atoms with E-state index in [2.05, 4.69) is 45.9 Å². The Labute approximate surface area is 136 Å². The van der Waals surface area contributed by atoms with Crippen molar-refractivity contribution in [2.45, 2.75) is 45.1 Å². The van der Waals surface area contributed by atoms with Crippen molar-refractivity contribution < 1.29 is 0 Å². The smallest absolute Gasteiger partial charge is 0.157 e. The molecular formula is C19H22N4. The summed E-state index contributed by atoms with van der Waals surface area (Å²) in [4.78, 5) is 9.03. The highest BCUT2D eigenvalue weighted by Crippen LogP contribution is 2.31. The van der Waals surface area contributed by atoms with Gasteiger partial charge in [0.15, 0.2) is 5.65 Å². The summed E-state index contributed by atoms with van der Waals surface area (Å²) in [6, 6.07) is 9.12. The Morgan fingerprint density at radius 1 is 1.09 bits per heavy atom. The first-order valence-electron chi connectivity index (χ1n) is 8.47. The van der Waals surface area contributed by atoms with E-state index >= 15 is 0 Å². The zero-order chi connectivity index (χ0) is 15.6. The quantitative estimate of drug-likeness (QED) is 0.777. The maximum atomic E-state index is 4.82. The average molecular weight is 306 g/mol. The van der Waals surface area contributed by atoms with Crippen LogP contribution in [0.2, 0.25) is 0 Å². The van der Waals surface area contributed by atoms with Gasteiger partial charge in [-0.3, -0.25) is 9.38 Å². The molecule has 0 amide bonds. The Hall–Kier alpha value is -2.36. The summed E-state index contributed by atoms with van der Waals surface area (Å²) in [6.07, 6.45) is 12.1. The van der Waals surface area contributed by atoms with Crippen LogP contribution in [0.1, 0.15) is 37.7 Å². The topological polar surface area (TPSA) is 42.2 Å². The molecule has 118 valence electrons. The summed E-state index contributed by atoms with van der Waals surface area (Å²) in [5.41, 5.74) is 4.32. The third-order valence-corrected chi connectivity index (χ3v) is 4.70. The van der Waals surface area contributed by atoms with E-state index in [1.165, 1.54) is 37.7 Å². The number of anilines is 1. The maximum absolute atomic E-state index is 4.82. The fourth-order valence-electron chi connectivity index (χ4n) is 3.40. The molecule has 1 aliphatic carbocycles. The van der Waals surface area contributed by atoms with Gasteiger partial charge in [-0.2, -0.15) is 0 Å². The van der Waals surface area contributed by atoms with E-state index in [0.29, 0.717) is 6.04 Å². The van der Waals surface area contributed by atoms with E-state index in [4.69, 9.17) is 4.98 Å². The molecule has 0 spiro atoms. The molecule has 1 saturated carbocycles. The number of nitrogens with one attached hydrogen (secondary N) is 1. The molecule has 1 fully saturated rings. The van der Waals surface area contributed by atoms with Crippen molar-refractivity contribution in [2.24, 2.45) is 0 Å². The van der Waals surface area contributed by atoms with Gasteiger partial charge in [-0.25, -0.2) is 4.98 Å². The Bertz CT molecular complexity index is 798. The summed E-state index contributed by atoms with van der Waals surface area (Å²) < 4.78 is 2.12. The van der Waals surface area contributed by atoms with Crippen LogP contribution in [0.5, 0.6) is 0 Å². The molecule has 0 atom stereocenters. The lowest BCUT2D eigenvalue weighted by Crippen LogP contribution is -2.23. The first kappa shape index (κ1) is 14.2. The molecule has 0 radical (unpaired) electrons. The van der Waals surface area contributed by atoms with Crippen LogP contribution in [-0.4, -0.2) is 20.4 Å². The second-order valence-corrected chi connectivity index (χ2v) is 6.46. The highest BCUT2D eigenvalue weighted by Gasteiger charge is 2.19. The number of hydrogen-bond donors (Lipinski definition) is 1. The van der Waals surface area contributed by atoms with Gasteiger partial charge in [0.25, 0.3) is 0 Å². The number of benzene rings is 1. The minimum absolute atomic E-state index is 0.543. The van der Waals surface area contributed by atoms with E-state index < -0.39 is 0 Å². The number of hydrogen-bond acceptors (Lipinski definition) is 3. The Balaban J connectivity index is 1.79. The summed E-state index contributed by atoms with van der Waals surface area (Å²) >= 11 is 0. The largest absolute Gasteiger partial charge is 0.367 e. The highest BCUT2D eigenvalue weighted by atomic mass is 15.2.